The number of halogens is 1. The summed E-state index contributed by atoms with van der Waals surface area (Å²) in [4.78, 5) is 27.9. The number of carbonyl (C=O) groups is 2. The maximum Gasteiger partial charge on any atom is 0.253 e. The molecule has 1 saturated heterocycles. The van der Waals surface area contributed by atoms with Crippen molar-refractivity contribution in [3.05, 3.63) is 70.7 Å². The van der Waals surface area contributed by atoms with E-state index >= 15 is 0 Å². The van der Waals surface area contributed by atoms with E-state index < -0.39 is 6.04 Å². The molecule has 30 heavy (non-hydrogen) atoms. The zero-order valence-electron chi connectivity index (χ0n) is 17.0. The molecule has 1 fully saturated rings. The van der Waals surface area contributed by atoms with Gasteiger partial charge in [-0.1, -0.05) is 54.1 Å². The van der Waals surface area contributed by atoms with Crippen LogP contribution in [0.15, 0.2) is 54.6 Å². The number of nitrogens with one attached hydrogen (secondary N) is 2. The van der Waals surface area contributed by atoms with Crippen LogP contribution >= 0.6 is 11.6 Å². The largest absolute Gasteiger partial charge is 0.379 e. The fourth-order valence-electron chi connectivity index (χ4n) is 3.40. The second kappa shape index (κ2) is 11.7. The molecule has 2 amide bonds. The topological polar surface area (TPSA) is 70.7 Å². The Morgan fingerprint density at radius 3 is 2.47 bits per heavy atom. The van der Waals surface area contributed by atoms with Crippen LogP contribution in [0.5, 0.6) is 0 Å². The summed E-state index contributed by atoms with van der Waals surface area (Å²) in [5, 5.41) is 6.18. The van der Waals surface area contributed by atoms with Crippen LogP contribution in [-0.4, -0.2) is 62.1 Å². The van der Waals surface area contributed by atoms with Crippen molar-refractivity contribution < 1.29 is 14.3 Å². The minimum Gasteiger partial charge on any atom is -0.379 e. The molecule has 1 aliphatic rings. The van der Waals surface area contributed by atoms with E-state index in [4.69, 9.17) is 16.3 Å². The minimum absolute atomic E-state index is 0.193. The molecule has 2 N–H and O–H groups in total. The summed E-state index contributed by atoms with van der Waals surface area (Å²) in [5.74, 6) is -0.550. The lowest BCUT2D eigenvalue weighted by molar-refractivity contribution is -0.123. The molecule has 1 aliphatic heterocycles. The van der Waals surface area contributed by atoms with Gasteiger partial charge in [0, 0.05) is 26.1 Å². The standard InChI is InChI=1S/C23H28ClN3O3/c24-20-10-5-4-9-19(20)22(28)26-21(17-18-7-2-1-3-8-18)23(29)25-11-6-12-27-13-15-30-16-14-27/h1-5,7-10,21H,6,11-17H2,(H,25,29)(H,26,28). The second-order valence-corrected chi connectivity index (χ2v) is 7.70. The number of rotatable bonds is 9. The highest BCUT2D eigenvalue weighted by Crippen LogP contribution is 2.15. The van der Waals surface area contributed by atoms with E-state index in [1.165, 1.54) is 0 Å². The van der Waals surface area contributed by atoms with Gasteiger partial charge in [0.15, 0.2) is 0 Å². The molecule has 0 spiro atoms. The van der Waals surface area contributed by atoms with Crippen molar-refractivity contribution >= 4 is 23.4 Å². The average molecular weight is 430 g/mol. The third-order valence-corrected chi connectivity index (χ3v) is 5.41. The lowest BCUT2D eigenvalue weighted by Gasteiger charge is -2.26. The summed E-state index contributed by atoms with van der Waals surface area (Å²) in [6, 6.07) is 15.8. The van der Waals surface area contributed by atoms with Crippen molar-refractivity contribution in [2.75, 3.05) is 39.4 Å². The Bertz CT molecular complexity index is 825. The van der Waals surface area contributed by atoms with Gasteiger partial charge >= 0.3 is 0 Å². The van der Waals surface area contributed by atoms with E-state index in [0.29, 0.717) is 23.6 Å². The van der Waals surface area contributed by atoms with Gasteiger partial charge in [-0.25, -0.2) is 0 Å². The van der Waals surface area contributed by atoms with Crippen molar-refractivity contribution in [2.24, 2.45) is 0 Å². The predicted octanol–water partition coefficient (Wildman–Crippen LogP) is 2.52. The van der Waals surface area contributed by atoms with Crippen LogP contribution in [0.3, 0.4) is 0 Å². The molecule has 0 aromatic heterocycles. The van der Waals surface area contributed by atoms with Gasteiger partial charge in [-0.15, -0.1) is 0 Å². The smallest absolute Gasteiger partial charge is 0.253 e. The van der Waals surface area contributed by atoms with Gasteiger partial charge in [0.2, 0.25) is 5.91 Å². The lowest BCUT2D eigenvalue weighted by atomic mass is 10.0. The number of benzene rings is 2. The van der Waals surface area contributed by atoms with Crippen LogP contribution < -0.4 is 10.6 Å². The summed E-state index contributed by atoms with van der Waals surface area (Å²) >= 11 is 6.14. The van der Waals surface area contributed by atoms with Crippen molar-refractivity contribution in [2.45, 2.75) is 18.9 Å². The lowest BCUT2D eigenvalue weighted by Crippen LogP contribution is -2.48. The number of ether oxygens (including phenoxy) is 1. The molecule has 2 aromatic carbocycles. The van der Waals surface area contributed by atoms with Gasteiger partial charge in [-0.3, -0.25) is 14.5 Å². The van der Waals surface area contributed by atoms with Crippen LogP contribution in [0.1, 0.15) is 22.3 Å². The summed E-state index contributed by atoms with van der Waals surface area (Å²) in [6.45, 7) is 4.86. The molecule has 1 unspecified atom stereocenters. The first-order valence-electron chi connectivity index (χ1n) is 10.3. The van der Waals surface area contributed by atoms with Crippen LogP contribution in [-0.2, 0) is 16.0 Å². The Hall–Kier alpha value is -2.41. The molecule has 1 heterocycles. The molecule has 3 rings (SSSR count). The predicted molar refractivity (Wildman–Crippen MR) is 118 cm³/mol. The molecule has 160 valence electrons. The maximum atomic E-state index is 12.9. The summed E-state index contributed by atoms with van der Waals surface area (Å²) in [6.07, 6.45) is 1.26. The Morgan fingerprint density at radius 2 is 1.73 bits per heavy atom. The molecule has 2 aromatic rings. The third kappa shape index (κ3) is 6.83. The molecule has 0 bridgehead atoms. The zero-order chi connectivity index (χ0) is 21.2. The van der Waals surface area contributed by atoms with Crippen molar-refractivity contribution in [3.63, 3.8) is 0 Å². The first-order chi connectivity index (χ1) is 14.6. The van der Waals surface area contributed by atoms with E-state index in [2.05, 4.69) is 15.5 Å². The fourth-order valence-corrected chi connectivity index (χ4v) is 3.62. The van der Waals surface area contributed by atoms with E-state index in [-0.39, 0.29) is 11.8 Å². The maximum absolute atomic E-state index is 12.9. The van der Waals surface area contributed by atoms with Crippen LogP contribution in [0.2, 0.25) is 5.02 Å². The van der Waals surface area contributed by atoms with Gasteiger partial charge in [0.05, 0.1) is 23.8 Å². The number of hydrogen-bond acceptors (Lipinski definition) is 4. The van der Waals surface area contributed by atoms with E-state index in [1.807, 2.05) is 30.3 Å². The van der Waals surface area contributed by atoms with Crippen molar-refractivity contribution in [3.8, 4) is 0 Å². The van der Waals surface area contributed by atoms with Gasteiger partial charge in [0.1, 0.15) is 6.04 Å². The highest BCUT2D eigenvalue weighted by molar-refractivity contribution is 6.33. The molecule has 7 heteroatoms. The first kappa shape index (κ1) is 22.3. The average Bonchev–Trinajstić information content (AvgIpc) is 2.78. The Labute approximate surface area is 182 Å². The number of carbonyl (C=O) groups excluding carboxylic acids is 2. The van der Waals surface area contributed by atoms with Crippen LogP contribution in [0.4, 0.5) is 0 Å². The van der Waals surface area contributed by atoms with E-state index in [9.17, 15) is 9.59 Å². The van der Waals surface area contributed by atoms with Crippen molar-refractivity contribution in [1.29, 1.82) is 0 Å². The van der Waals surface area contributed by atoms with E-state index in [0.717, 1.165) is 44.8 Å². The molecule has 0 aliphatic carbocycles. The van der Waals surface area contributed by atoms with Crippen molar-refractivity contribution in [1.82, 2.24) is 15.5 Å². The minimum atomic E-state index is -0.681. The second-order valence-electron chi connectivity index (χ2n) is 7.29. The summed E-state index contributed by atoms with van der Waals surface area (Å²) < 4.78 is 5.35. The number of hydrogen-bond donors (Lipinski definition) is 2. The normalized spacial score (nSPS) is 15.4. The SMILES string of the molecule is O=C(NC(Cc1ccccc1)C(=O)NCCCN1CCOCC1)c1ccccc1Cl. The highest BCUT2D eigenvalue weighted by Gasteiger charge is 2.22. The molecule has 6 nitrogen and oxygen atoms in total. The first-order valence-corrected chi connectivity index (χ1v) is 10.7. The molecule has 0 saturated carbocycles. The van der Waals surface area contributed by atoms with Crippen LogP contribution in [0.25, 0.3) is 0 Å². The molecule has 0 radical (unpaired) electrons. The highest BCUT2D eigenvalue weighted by atomic mass is 35.5. The van der Waals surface area contributed by atoms with Gasteiger partial charge < -0.3 is 15.4 Å². The third-order valence-electron chi connectivity index (χ3n) is 5.08. The monoisotopic (exact) mass is 429 g/mol. The number of morpholine rings is 1. The van der Waals surface area contributed by atoms with Crippen LogP contribution in [0, 0.1) is 0 Å². The zero-order valence-corrected chi connectivity index (χ0v) is 17.7. The fraction of sp³-hybridized carbons (Fsp3) is 0.391. The Morgan fingerprint density at radius 1 is 1.03 bits per heavy atom. The number of nitrogens with zero attached hydrogens (tertiary/aromatic N) is 1. The molecular weight excluding hydrogens is 402 g/mol. The van der Waals surface area contributed by atoms with E-state index in [1.54, 1.807) is 24.3 Å². The summed E-state index contributed by atoms with van der Waals surface area (Å²) in [5.41, 5.74) is 1.34. The Balaban J connectivity index is 1.57. The molecular formula is C23H28ClN3O3. The summed E-state index contributed by atoms with van der Waals surface area (Å²) in [7, 11) is 0. The van der Waals surface area contributed by atoms with Gasteiger partial charge in [-0.05, 0) is 30.7 Å². The number of amides is 2. The molecule has 1 atom stereocenters. The quantitative estimate of drug-likeness (QED) is 0.601. The Kier molecular flexibility index (Phi) is 8.68. The van der Waals surface area contributed by atoms with Gasteiger partial charge in [-0.2, -0.15) is 0 Å². The van der Waals surface area contributed by atoms with Gasteiger partial charge in [0.25, 0.3) is 5.91 Å².